The van der Waals surface area contributed by atoms with Crippen molar-refractivity contribution in [3.63, 3.8) is 0 Å². The minimum absolute atomic E-state index is 0. The summed E-state index contributed by atoms with van der Waals surface area (Å²) in [5.41, 5.74) is 7.12. The fraction of sp³-hybridized carbons (Fsp3) is 0.316. The van der Waals surface area contributed by atoms with Gasteiger partial charge in [-0.1, -0.05) is 30.3 Å². The SMILES string of the molecule is Cl.NC[C@@H]1CN(C(=O)Cc2cc(F)ccc2F)C[C@H]1c1ccccc1. The molecule has 2 atom stereocenters. The maximum atomic E-state index is 13.7. The van der Waals surface area contributed by atoms with Crippen LogP contribution in [-0.4, -0.2) is 30.4 Å². The Morgan fingerprint density at radius 1 is 1.12 bits per heavy atom. The third kappa shape index (κ3) is 4.35. The molecule has 1 saturated heterocycles. The number of nitrogens with two attached hydrogens (primary N) is 1. The average Bonchev–Trinajstić information content (AvgIpc) is 3.03. The van der Waals surface area contributed by atoms with Crippen LogP contribution in [0.25, 0.3) is 0 Å². The number of nitrogens with zero attached hydrogens (tertiary/aromatic N) is 1. The Hall–Kier alpha value is -1.98. The molecule has 2 aromatic rings. The first-order valence-corrected chi connectivity index (χ1v) is 8.05. The Bertz CT molecular complexity index is 727. The van der Waals surface area contributed by atoms with Crippen molar-refractivity contribution in [1.82, 2.24) is 4.90 Å². The van der Waals surface area contributed by atoms with E-state index in [0.717, 1.165) is 23.8 Å². The Kier molecular flexibility index (Phi) is 6.51. The average molecular weight is 367 g/mol. The van der Waals surface area contributed by atoms with Crippen LogP contribution in [0.3, 0.4) is 0 Å². The van der Waals surface area contributed by atoms with Crippen molar-refractivity contribution >= 4 is 18.3 Å². The molecule has 25 heavy (non-hydrogen) atoms. The van der Waals surface area contributed by atoms with Gasteiger partial charge in [0.25, 0.3) is 0 Å². The van der Waals surface area contributed by atoms with Crippen LogP contribution < -0.4 is 5.73 Å². The smallest absolute Gasteiger partial charge is 0.227 e. The van der Waals surface area contributed by atoms with Crippen LogP contribution >= 0.6 is 12.4 Å². The Morgan fingerprint density at radius 2 is 1.84 bits per heavy atom. The van der Waals surface area contributed by atoms with E-state index in [1.165, 1.54) is 0 Å². The second kappa shape index (κ2) is 8.41. The van der Waals surface area contributed by atoms with Crippen molar-refractivity contribution in [3.8, 4) is 0 Å². The fourth-order valence-corrected chi connectivity index (χ4v) is 3.35. The Morgan fingerprint density at radius 3 is 2.52 bits per heavy atom. The second-order valence-corrected chi connectivity index (χ2v) is 6.22. The van der Waals surface area contributed by atoms with Crippen LogP contribution in [0.5, 0.6) is 0 Å². The van der Waals surface area contributed by atoms with Crippen molar-refractivity contribution < 1.29 is 13.6 Å². The van der Waals surface area contributed by atoms with E-state index in [-0.39, 0.29) is 42.1 Å². The molecule has 3 rings (SSSR count). The van der Waals surface area contributed by atoms with E-state index in [1.54, 1.807) is 4.90 Å². The van der Waals surface area contributed by atoms with E-state index < -0.39 is 11.6 Å². The lowest BCUT2D eigenvalue weighted by Gasteiger charge is -2.17. The molecule has 0 spiro atoms. The van der Waals surface area contributed by atoms with E-state index in [4.69, 9.17) is 5.73 Å². The van der Waals surface area contributed by atoms with Crippen molar-refractivity contribution in [1.29, 1.82) is 0 Å². The number of likely N-dealkylation sites (tertiary alicyclic amines) is 1. The summed E-state index contributed by atoms with van der Waals surface area (Å²) in [6, 6.07) is 13.1. The standard InChI is InChI=1S/C19H20F2N2O.ClH/c20-16-6-7-18(21)14(8-16)9-19(24)23-11-15(10-22)17(12-23)13-4-2-1-3-5-13;/h1-8,15,17H,9-12,22H2;1H/t15-,17+;/m1./s1. The third-order valence-electron chi connectivity index (χ3n) is 4.67. The molecule has 134 valence electrons. The van der Waals surface area contributed by atoms with Gasteiger partial charge in [-0.05, 0) is 36.2 Å². The second-order valence-electron chi connectivity index (χ2n) is 6.22. The van der Waals surface area contributed by atoms with Gasteiger partial charge in [-0.15, -0.1) is 12.4 Å². The molecule has 0 unspecified atom stereocenters. The monoisotopic (exact) mass is 366 g/mol. The summed E-state index contributed by atoms with van der Waals surface area (Å²) < 4.78 is 27.0. The molecule has 0 bridgehead atoms. The molecule has 0 aliphatic carbocycles. The highest BCUT2D eigenvalue weighted by Crippen LogP contribution is 2.32. The first-order valence-electron chi connectivity index (χ1n) is 8.05. The molecule has 0 aromatic heterocycles. The van der Waals surface area contributed by atoms with Gasteiger partial charge in [-0.2, -0.15) is 0 Å². The van der Waals surface area contributed by atoms with Crippen LogP contribution in [0.2, 0.25) is 0 Å². The van der Waals surface area contributed by atoms with Gasteiger partial charge in [0.15, 0.2) is 0 Å². The predicted molar refractivity (Wildman–Crippen MR) is 95.6 cm³/mol. The minimum atomic E-state index is -0.557. The van der Waals surface area contributed by atoms with Crippen LogP contribution in [0.4, 0.5) is 8.78 Å². The number of hydrogen-bond acceptors (Lipinski definition) is 2. The van der Waals surface area contributed by atoms with Gasteiger partial charge in [0.05, 0.1) is 6.42 Å². The molecule has 1 amide bonds. The first-order chi connectivity index (χ1) is 11.6. The molecular formula is C19H21ClF2N2O. The summed E-state index contributed by atoms with van der Waals surface area (Å²) in [6.07, 6.45) is -0.137. The van der Waals surface area contributed by atoms with Crippen LogP contribution in [0, 0.1) is 17.6 Å². The van der Waals surface area contributed by atoms with Gasteiger partial charge in [0.1, 0.15) is 11.6 Å². The molecule has 0 saturated carbocycles. The fourth-order valence-electron chi connectivity index (χ4n) is 3.35. The van der Waals surface area contributed by atoms with Crippen molar-refractivity contribution in [2.45, 2.75) is 12.3 Å². The summed E-state index contributed by atoms with van der Waals surface area (Å²) >= 11 is 0. The lowest BCUT2D eigenvalue weighted by molar-refractivity contribution is -0.129. The van der Waals surface area contributed by atoms with Crippen LogP contribution in [0.15, 0.2) is 48.5 Å². The number of hydrogen-bond donors (Lipinski definition) is 1. The number of carbonyl (C=O) groups excluding carboxylic acids is 1. The van der Waals surface area contributed by atoms with E-state index >= 15 is 0 Å². The molecule has 2 N–H and O–H groups in total. The normalized spacial score (nSPS) is 19.6. The molecule has 6 heteroatoms. The third-order valence-corrected chi connectivity index (χ3v) is 4.67. The van der Waals surface area contributed by atoms with Crippen LogP contribution in [-0.2, 0) is 11.2 Å². The number of carbonyl (C=O) groups is 1. The number of halogens is 3. The van der Waals surface area contributed by atoms with Crippen LogP contribution in [0.1, 0.15) is 17.0 Å². The molecule has 1 aliphatic rings. The van der Waals surface area contributed by atoms with E-state index in [2.05, 4.69) is 0 Å². The lowest BCUT2D eigenvalue weighted by Crippen LogP contribution is -2.31. The Labute approximate surface area is 152 Å². The maximum absolute atomic E-state index is 13.7. The van der Waals surface area contributed by atoms with Gasteiger partial charge in [-0.3, -0.25) is 4.79 Å². The Balaban J connectivity index is 0.00000225. The zero-order valence-corrected chi connectivity index (χ0v) is 14.5. The van der Waals surface area contributed by atoms with Crippen molar-refractivity contribution in [2.24, 2.45) is 11.7 Å². The highest BCUT2D eigenvalue weighted by atomic mass is 35.5. The quantitative estimate of drug-likeness (QED) is 0.903. The molecule has 1 aliphatic heterocycles. The highest BCUT2D eigenvalue weighted by Gasteiger charge is 2.35. The largest absolute Gasteiger partial charge is 0.341 e. The van der Waals surface area contributed by atoms with Gasteiger partial charge in [0, 0.05) is 24.6 Å². The number of benzene rings is 2. The summed E-state index contributed by atoms with van der Waals surface area (Å²) in [5, 5.41) is 0. The zero-order valence-electron chi connectivity index (χ0n) is 13.7. The number of rotatable bonds is 4. The highest BCUT2D eigenvalue weighted by molar-refractivity contribution is 5.85. The molecule has 2 aromatic carbocycles. The van der Waals surface area contributed by atoms with Crippen molar-refractivity contribution in [3.05, 3.63) is 71.3 Å². The lowest BCUT2D eigenvalue weighted by atomic mass is 9.89. The van der Waals surface area contributed by atoms with Crippen molar-refractivity contribution in [2.75, 3.05) is 19.6 Å². The summed E-state index contributed by atoms with van der Waals surface area (Å²) in [6.45, 7) is 1.59. The molecule has 3 nitrogen and oxygen atoms in total. The van der Waals surface area contributed by atoms with E-state index in [9.17, 15) is 13.6 Å². The molecular weight excluding hydrogens is 346 g/mol. The van der Waals surface area contributed by atoms with Gasteiger partial charge < -0.3 is 10.6 Å². The zero-order chi connectivity index (χ0) is 17.1. The number of amides is 1. The molecule has 1 heterocycles. The van der Waals surface area contributed by atoms with Gasteiger partial charge >= 0.3 is 0 Å². The summed E-state index contributed by atoms with van der Waals surface area (Å²) in [4.78, 5) is 14.2. The van der Waals surface area contributed by atoms with Gasteiger partial charge in [-0.25, -0.2) is 8.78 Å². The van der Waals surface area contributed by atoms with Gasteiger partial charge in [0.2, 0.25) is 5.91 Å². The first kappa shape index (κ1) is 19.3. The minimum Gasteiger partial charge on any atom is -0.341 e. The molecule has 1 fully saturated rings. The molecule has 0 radical (unpaired) electrons. The topological polar surface area (TPSA) is 46.3 Å². The van der Waals surface area contributed by atoms with E-state index in [0.29, 0.717) is 19.6 Å². The summed E-state index contributed by atoms with van der Waals surface area (Å²) in [7, 11) is 0. The van der Waals surface area contributed by atoms with E-state index in [1.807, 2.05) is 30.3 Å². The maximum Gasteiger partial charge on any atom is 0.227 e. The summed E-state index contributed by atoms with van der Waals surface area (Å²) in [5.74, 6) is -0.941. The predicted octanol–water partition coefficient (Wildman–Crippen LogP) is 3.13.